The zero-order valence-electron chi connectivity index (χ0n) is 15.6. The number of amides is 1. The highest BCUT2D eigenvalue weighted by Crippen LogP contribution is 2.18. The van der Waals surface area contributed by atoms with Gasteiger partial charge in [0.2, 0.25) is 0 Å². The Kier molecular flexibility index (Phi) is 7.39. The molecule has 0 aliphatic carbocycles. The third-order valence-corrected chi connectivity index (χ3v) is 3.66. The van der Waals surface area contributed by atoms with E-state index in [1.54, 1.807) is 6.26 Å². The molecule has 0 aromatic heterocycles. The first-order valence-electron chi connectivity index (χ1n) is 8.62. The Hall–Kier alpha value is -1.23. The topological polar surface area (TPSA) is 59.6 Å². The number of alkyl carbamates (subject to hydrolysis) is 1. The SMILES string of the molecule is CC(C)CC(C)(CNC(=O)OC(C)(C)C)NCC1CCC=CO1. The minimum absolute atomic E-state index is 0.185. The summed E-state index contributed by atoms with van der Waals surface area (Å²) in [5.41, 5.74) is -0.663. The van der Waals surface area contributed by atoms with Crippen molar-refractivity contribution in [1.82, 2.24) is 10.6 Å². The van der Waals surface area contributed by atoms with Crippen LogP contribution in [0.25, 0.3) is 0 Å². The van der Waals surface area contributed by atoms with Crippen molar-refractivity contribution in [2.24, 2.45) is 5.92 Å². The minimum atomic E-state index is -0.478. The van der Waals surface area contributed by atoms with E-state index in [0.717, 1.165) is 25.8 Å². The molecule has 134 valence electrons. The summed E-state index contributed by atoms with van der Waals surface area (Å²) in [7, 11) is 0. The van der Waals surface area contributed by atoms with Crippen LogP contribution in [0.4, 0.5) is 4.79 Å². The molecule has 0 aromatic rings. The van der Waals surface area contributed by atoms with Crippen molar-refractivity contribution in [1.29, 1.82) is 0 Å². The van der Waals surface area contributed by atoms with Gasteiger partial charge in [-0.05, 0) is 59.0 Å². The number of hydrogen-bond acceptors (Lipinski definition) is 4. The van der Waals surface area contributed by atoms with Gasteiger partial charge in [-0.1, -0.05) is 13.8 Å². The largest absolute Gasteiger partial charge is 0.497 e. The van der Waals surface area contributed by atoms with Crippen LogP contribution in [-0.4, -0.2) is 36.4 Å². The summed E-state index contributed by atoms with van der Waals surface area (Å²) >= 11 is 0. The zero-order valence-corrected chi connectivity index (χ0v) is 15.6. The summed E-state index contributed by atoms with van der Waals surface area (Å²) in [5, 5.41) is 6.48. The van der Waals surface area contributed by atoms with Gasteiger partial charge in [0.1, 0.15) is 11.7 Å². The molecular weight excluding hydrogens is 292 g/mol. The predicted octanol–water partition coefficient (Wildman–Crippen LogP) is 3.60. The van der Waals surface area contributed by atoms with Gasteiger partial charge < -0.3 is 20.1 Å². The standard InChI is InChI=1S/C18H34N2O3/c1-14(2)11-18(6,13-19-16(21)23-17(3,4)5)20-12-15-9-7-8-10-22-15/h8,10,14-15,20H,7,9,11-13H2,1-6H3,(H,19,21). The zero-order chi connectivity index (χ0) is 17.5. The second-order valence-electron chi connectivity index (χ2n) is 8.10. The van der Waals surface area contributed by atoms with Gasteiger partial charge >= 0.3 is 6.09 Å². The Morgan fingerprint density at radius 3 is 2.57 bits per heavy atom. The first-order chi connectivity index (χ1) is 10.6. The van der Waals surface area contributed by atoms with Crippen LogP contribution < -0.4 is 10.6 Å². The van der Waals surface area contributed by atoms with Gasteiger partial charge in [-0.3, -0.25) is 0 Å². The predicted molar refractivity (Wildman–Crippen MR) is 93.3 cm³/mol. The minimum Gasteiger partial charge on any atom is -0.497 e. The lowest BCUT2D eigenvalue weighted by Crippen LogP contribution is -2.54. The molecule has 2 N–H and O–H groups in total. The van der Waals surface area contributed by atoms with Gasteiger partial charge in [-0.15, -0.1) is 0 Å². The first kappa shape index (κ1) is 19.8. The van der Waals surface area contributed by atoms with Crippen LogP contribution in [0.15, 0.2) is 12.3 Å². The van der Waals surface area contributed by atoms with Gasteiger partial charge in [0, 0.05) is 18.6 Å². The molecule has 0 saturated carbocycles. The number of allylic oxidation sites excluding steroid dienone is 1. The van der Waals surface area contributed by atoms with E-state index >= 15 is 0 Å². The number of ether oxygens (including phenoxy) is 2. The number of carbonyl (C=O) groups is 1. The van der Waals surface area contributed by atoms with Crippen molar-refractivity contribution in [2.75, 3.05) is 13.1 Å². The maximum Gasteiger partial charge on any atom is 0.407 e. The van der Waals surface area contributed by atoms with Crippen LogP contribution in [0.1, 0.15) is 60.8 Å². The van der Waals surface area contributed by atoms with Crippen LogP contribution in [-0.2, 0) is 9.47 Å². The maximum absolute atomic E-state index is 11.9. The molecule has 1 heterocycles. The third kappa shape index (κ3) is 8.84. The molecule has 5 nitrogen and oxygen atoms in total. The van der Waals surface area contributed by atoms with Crippen LogP contribution >= 0.6 is 0 Å². The number of carbonyl (C=O) groups excluding carboxylic acids is 1. The van der Waals surface area contributed by atoms with Gasteiger partial charge in [0.15, 0.2) is 0 Å². The summed E-state index contributed by atoms with van der Waals surface area (Å²) in [4.78, 5) is 11.9. The summed E-state index contributed by atoms with van der Waals surface area (Å²) < 4.78 is 10.9. The average Bonchev–Trinajstić information content (AvgIpc) is 2.42. The van der Waals surface area contributed by atoms with Crippen molar-refractivity contribution < 1.29 is 14.3 Å². The highest BCUT2D eigenvalue weighted by molar-refractivity contribution is 5.67. The molecule has 2 unspecified atom stereocenters. The fraction of sp³-hybridized carbons (Fsp3) is 0.833. The number of nitrogens with one attached hydrogen (secondary N) is 2. The van der Waals surface area contributed by atoms with E-state index in [2.05, 4.69) is 31.4 Å². The molecule has 0 spiro atoms. The molecule has 1 aliphatic rings. The highest BCUT2D eigenvalue weighted by atomic mass is 16.6. The van der Waals surface area contributed by atoms with Crippen LogP contribution in [0.2, 0.25) is 0 Å². The van der Waals surface area contributed by atoms with E-state index in [1.165, 1.54) is 0 Å². The van der Waals surface area contributed by atoms with E-state index in [-0.39, 0.29) is 17.7 Å². The Morgan fingerprint density at radius 2 is 2.04 bits per heavy atom. The molecule has 0 aromatic carbocycles. The van der Waals surface area contributed by atoms with Gasteiger partial charge in [-0.2, -0.15) is 0 Å². The summed E-state index contributed by atoms with van der Waals surface area (Å²) in [6.07, 6.45) is 6.72. The monoisotopic (exact) mass is 326 g/mol. The van der Waals surface area contributed by atoms with E-state index in [1.807, 2.05) is 26.8 Å². The first-order valence-corrected chi connectivity index (χ1v) is 8.62. The maximum atomic E-state index is 11.9. The normalized spacial score (nSPS) is 20.7. The highest BCUT2D eigenvalue weighted by Gasteiger charge is 2.28. The number of rotatable bonds is 7. The summed E-state index contributed by atoms with van der Waals surface area (Å²) in [5.74, 6) is 0.528. The van der Waals surface area contributed by atoms with Crippen molar-refractivity contribution >= 4 is 6.09 Å². The molecule has 23 heavy (non-hydrogen) atoms. The second kappa shape index (κ2) is 8.57. The molecule has 2 atom stereocenters. The van der Waals surface area contributed by atoms with Crippen LogP contribution in [0, 0.1) is 5.92 Å². The van der Waals surface area contributed by atoms with Crippen LogP contribution in [0.5, 0.6) is 0 Å². The molecule has 5 heteroatoms. The van der Waals surface area contributed by atoms with Gasteiger partial charge in [0.05, 0.1) is 6.26 Å². The van der Waals surface area contributed by atoms with Gasteiger partial charge in [0.25, 0.3) is 0 Å². The van der Waals surface area contributed by atoms with Crippen molar-refractivity contribution in [3.8, 4) is 0 Å². The Morgan fingerprint density at radius 1 is 1.35 bits per heavy atom. The molecule has 1 rings (SSSR count). The number of hydrogen-bond donors (Lipinski definition) is 2. The fourth-order valence-electron chi connectivity index (χ4n) is 2.78. The quantitative estimate of drug-likeness (QED) is 0.750. The fourth-order valence-corrected chi connectivity index (χ4v) is 2.78. The lowest BCUT2D eigenvalue weighted by atomic mass is 9.90. The molecule has 0 fully saturated rings. The van der Waals surface area contributed by atoms with Crippen molar-refractivity contribution in [3.05, 3.63) is 12.3 Å². The second-order valence-corrected chi connectivity index (χ2v) is 8.10. The Labute approximate surface area is 141 Å². The molecule has 0 bridgehead atoms. The molecule has 1 aliphatic heterocycles. The average molecular weight is 326 g/mol. The van der Waals surface area contributed by atoms with Crippen molar-refractivity contribution in [2.45, 2.75) is 78.0 Å². The van der Waals surface area contributed by atoms with E-state index in [9.17, 15) is 4.79 Å². The Bertz CT molecular complexity index is 402. The summed E-state index contributed by atoms with van der Waals surface area (Å²) in [6, 6.07) is 0. The van der Waals surface area contributed by atoms with Crippen LogP contribution in [0.3, 0.4) is 0 Å². The third-order valence-electron chi connectivity index (χ3n) is 3.66. The summed E-state index contributed by atoms with van der Waals surface area (Å²) in [6.45, 7) is 13.4. The van der Waals surface area contributed by atoms with E-state index in [0.29, 0.717) is 12.5 Å². The van der Waals surface area contributed by atoms with E-state index < -0.39 is 5.60 Å². The molecule has 0 saturated heterocycles. The van der Waals surface area contributed by atoms with Gasteiger partial charge in [-0.25, -0.2) is 4.79 Å². The molecular formula is C18H34N2O3. The van der Waals surface area contributed by atoms with E-state index in [4.69, 9.17) is 9.47 Å². The lowest BCUT2D eigenvalue weighted by Gasteiger charge is -2.35. The lowest BCUT2D eigenvalue weighted by molar-refractivity contribution is 0.0502. The van der Waals surface area contributed by atoms with Crippen molar-refractivity contribution in [3.63, 3.8) is 0 Å². The Balaban J connectivity index is 2.51. The molecule has 0 radical (unpaired) electrons. The molecule has 1 amide bonds. The smallest absolute Gasteiger partial charge is 0.407 e.